The molecule has 4 rings (SSSR count). The predicted octanol–water partition coefficient (Wildman–Crippen LogP) is 0.376. The number of fused-ring (bicyclic) bond motifs is 3. The molecule has 0 amide bonds. The van der Waals surface area contributed by atoms with Crippen LogP contribution in [0, 0.1) is 17.1 Å². The van der Waals surface area contributed by atoms with Crippen molar-refractivity contribution in [3.8, 4) is 11.9 Å². The summed E-state index contributed by atoms with van der Waals surface area (Å²) in [4.78, 5) is 23.7. The van der Waals surface area contributed by atoms with Gasteiger partial charge in [-0.1, -0.05) is 15.3 Å². The molecule has 0 bridgehead atoms. The van der Waals surface area contributed by atoms with Crippen molar-refractivity contribution >= 4 is 15.1 Å². The molecular weight excluding hydrogens is 400 g/mol. The first-order valence-electron chi connectivity index (χ1n) is 8.88. The van der Waals surface area contributed by atoms with Crippen molar-refractivity contribution in [1.82, 2.24) is 14.6 Å². The lowest BCUT2D eigenvalue weighted by Gasteiger charge is -2.39. The van der Waals surface area contributed by atoms with Gasteiger partial charge >= 0.3 is 5.69 Å². The minimum absolute atomic E-state index is 0.0108. The number of anilines is 1. The minimum atomic E-state index is -1.53. The molecule has 1 aromatic carbocycles. The molecule has 2 aliphatic heterocycles. The minimum Gasteiger partial charge on any atom is -0.473 e. The zero-order valence-corrected chi connectivity index (χ0v) is 16.7. The third kappa shape index (κ3) is 3.36. The molecule has 2 aliphatic rings. The fourth-order valence-corrected chi connectivity index (χ4v) is 4.22. The molecule has 3 heterocycles. The molecule has 1 N–H and O–H groups in total. The van der Waals surface area contributed by atoms with E-state index in [0.29, 0.717) is 31.0 Å². The normalized spacial score (nSPS) is 23.4. The van der Waals surface area contributed by atoms with Crippen LogP contribution in [-0.4, -0.2) is 52.5 Å². The van der Waals surface area contributed by atoms with Gasteiger partial charge in [-0.05, 0) is 17.7 Å². The predicted molar refractivity (Wildman–Crippen MR) is 104 cm³/mol. The number of hydroxylamine groups is 2. The van der Waals surface area contributed by atoms with Gasteiger partial charge in [0.15, 0.2) is 5.47 Å². The van der Waals surface area contributed by atoms with Crippen molar-refractivity contribution < 1.29 is 19.1 Å². The molecule has 3 atom stereocenters. The molecule has 0 saturated carbocycles. The summed E-state index contributed by atoms with van der Waals surface area (Å²) in [6.07, 6.45) is 0. The van der Waals surface area contributed by atoms with Gasteiger partial charge in [-0.25, -0.2) is 13.8 Å². The summed E-state index contributed by atoms with van der Waals surface area (Å²) in [7, 11) is 3.89. The Bertz CT molecular complexity index is 1050. The van der Waals surface area contributed by atoms with Crippen LogP contribution >= 0.6 is 9.24 Å². The van der Waals surface area contributed by atoms with Crippen molar-refractivity contribution in [3.05, 3.63) is 51.7 Å². The van der Waals surface area contributed by atoms with Gasteiger partial charge in [0.1, 0.15) is 24.3 Å². The maximum absolute atomic E-state index is 13.5. The van der Waals surface area contributed by atoms with E-state index in [1.54, 1.807) is 24.3 Å². The van der Waals surface area contributed by atoms with E-state index in [1.165, 1.54) is 22.8 Å². The standard InChI is InChI=1S/C18H19FN5O4P/c1-27-22-4-5-23-14(9-22)18(26,29)24-16(23)7-15(21-17(24)25)28-10-11-2-3-13(19)12(6-11)8-20/h2-3,6-7,14,26H,4-5,9-10,29H2,1H3. The van der Waals surface area contributed by atoms with E-state index in [1.807, 2.05) is 4.90 Å². The van der Waals surface area contributed by atoms with Gasteiger partial charge in [0.2, 0.25) is 5.88 Å². The lowest BCUT2D eigenvalue weighted by atomic mass is 10.1. The highest BCUT2D eigenvalue weighted by atomic mass is 31.0. The van der Waals surface area contributed by atoms with Gasteiger partial charge < -0.3 is 19.6 Å². The van der Waals surface area contributed by atoms with Crippen molar-refractivity contribution in [2.24, 2.45) is 0 Å². The van der Waals surface area contributed by atoms with E-state index in [-0.39, 0.29) is 18.1 Å². The van der Waals surface area contributed by atoms with E-state index in [2.05, 4.69) is 14.2 Å². The Morgan fingerprint density at radius 3 is 2.97 bits per heavy atom. The van der Waals surface area contributed by atoms with Crippen molar-refractivity contribution in [2.45, 2.75) is 18.1 Å². The molecule has 11 heteroatoms. The van der Waals surface area contributed by atoms with Gasteiger partial charge in [-0.3, -0.25) is 0 Å². The molecule has 3 unspecified atom stereocenters. The number of benzene rings is 1. The molecule has 0 aliphatic carbocycles. The van der Waals surface area contributed by atoms with E-state index in [9.17, 15) is 14.3 Å². The zero-order chi connectivity index (χ0) is 20.8. The van der Waals surface area contributed by atoms with Crippen LogP contribution in [0.5, 0.6) is 5.88 Å². The molecular formula is C18H19FN5O4P. The number of hydrogen-bond donors (Lipinski definition) is 1. The lowest BCUT2D eigenvalue weighted by molar-refractivity contribution is -0.151. The maximum atomic E-state index is 13.5. The number of nitriles is 1. The monoisotopic (exact) mass is 419 g/mol. The van der Waals surface area contributed by atoms with Gasteiger partial charge in [-0.2, -0.15) is 15.3 Å². The molecule has 0 radical (unpaired) electrons. The molecule has 2 aromatic rings. The highest BCUT2D eigenvalue weighted by Crippen LogP contribution is 2.42. The maximum Gasteiger partial charge on any atom is 0.355 e. The highest BCUT2D eigenvalue weighted by Gasteiger charge is 2.50. The van der Waals surface area contributed by atoms with E-state index < -0.39 is 23.0 Å². The van der Waals surface area contributed by atoms with Gasteiger partial charge in [0.25, 0.3) is 0 Å². The Labute approximate surface area is 168 Å². The van der Waals surface area contributed by atoms with Gasteiger partial charge in [0, 0.05) is 25.7 Å². The Kier molecular flexibility index (Phi) is 5.00. The Morgan fingerprint density at radius 1 is 1.45 bits per heavy atom. The van der Waals surface area contributed by atoms with Crippen LogP contribution < -0.4 is 15.3 Å². The number of piperazine rings is 1. The van der Waals surface area contributed by atoms with Crippen LogP contribution in [0.1, 0.15) is 11.1 Å². The second kappa shape index (κ2) is 7.35. The van der Waals surface area contributed by atoms with Crippen LogP contribution in [0.2, 0.25) is 0 Å². The fraction of sp³-hybridized carbons (Fsp3) is 0.389. The molecule has 1 aromatic heterocycles. The first-order chi connectivity index (χ1) is 13.8. The SMILES string of the molecule is CON1CCN2c3cc(OCc4ccc(F)c(C#N)c4)nc(=O)n3C(O)(P)C2C1. The van der Waals surface area contributed by atoms with Crippen LogP contribution in [0.25, 0.3) is 0 Å². The number of rotatable bonds is 4. The summed E-state index contributed by atoms with van der Waals surface area (Å²) in [6, 6.07) is 7.03. The summed E-state index contributed by atoms with van der Waals surface area (Å²) in [6.45, 7) is 1.56. The second-order valence-corrected chi connectivity index (χ2v) is 7.70. The Balaban J connectivity index is 1.61. The lowest BCUT2D eigenvalue weighted by Crippen LogP contribution is -2.57. The third-order valence-electron chi connectivity index (χ3n) is 5.16. The van der Waals surface area contributed by atoms with Crippen LogP contribution in [0.4, 0.5) is 10.2 Å². The smallest absolute Gasteiger partial charge is 0.355 e. The molecule has 1 fully saturated rings. The largest absolute Gasteiger partial charge is 0.473 e. The number of nitrogens with zero attached hydrogens (tertiary/aromatic N) is 5. The molecule has 1 saturated heterocycles. The summed E-state index contributed by atoms with van der Waals surface area (Å²) in [5, 5.41) is 21.6. The third-order valence-corrected chi connectivity index (χ3v) is 5.80. The summed E-state index contributed by atoms with van der Waals surface area (Å²) >= 11 is 0. The van der Waals surface area contributed by atoms with Crippen molar-refractivity contribution in [1.29, 1.82) is 5.26 Å². The van der Waals surface area contributed by atoms with Crippen LogP contribution in [0.15, 0.2) is 29.1 Å². The summed E-state index contributed by atoms with van der Waals surface area (Å²) in [5.41, 5.74) is -1.70. The first-order valence-corrected chi connectivity index (χ1v) is 9.45. The molecule has 0 spiro atoms. The number of ether oxygens (including phenoxy) is 1. The number of aliphatic hydroxyl groups is 1. The zero-order valence-electron chi connectivity index (χ0n) is 15.6. The second-order valence-electron chi connectivity index (χ2n) is 6.85. The summed E-state index contributed by atoms with van der Waals surface area (Å²) in [5.74, 6) is -0.0269. The van der Waals surface area contributed by atoms with Crippen molar-refractivity contribution in [2.75, 3.05) is 31.6 Å². The first kappa shape index (κ1) is 19.7. The van der Waals surface area contributed by atoms with Crippen LogP contribution in [-0.2, 0) is 16.9 Å². The average molecular weight is 419 g/mol. The molecule has 152 valence electrons. The molecule has 9 nitrogen and oxygen atoms in total. The average Bonchev–Trinajstić information content (AvgIpc) is 2.94. The van der Waals surface area contributed by atoms with Gasteiger partial charge in [-0.15, -0.1) is 0 Å². The Hall–Kier alpha value is -2.57. The quantitative estimate of drug-likeness (QED) is 0.710. The summed E-state index contributed by atoms with van der Waals surface area (Å²) < 4.78 is 20.3. The highest BCUT2D eigenvalue weighted by molar-refractivity contribution is 7.17. The van der Waals surface area contributed by atoms with Gasteiger partial charge in [0.05, 0.1) is 18.7 Å². The fourth-order valence-electron chi connectivity index (χ4n) is 3.69. The van der Waals surface area contributed by atoms with E-state index in [0.717, 1.165) is 0 Å². The Morgan fingerprint density at radius 2 is 2.24 bits per heavy atom. The number of halogens is 1. The molecule has 29 heavy (non-hydrogen) atoms. The van der Waals surface area contributed by atoms with Crippen LogP contribution in [0.3, 0.4) is 0 Å². The number of hydrogen-bond acceptors (Lipinski definition) is 8. The van der Waals surface area contributed by atoms with E-state index in [4.69, 9.17) is 14.8 Å². The number of aromatic nitrogens is 2. The topological polar surface area (TPSA) is 104 Å². The van der Waals surface area contributed by atoms with E-state index >= 15 is 0 Å². The van der Waals surface area contributed by atoms with Crippen molar-refractivity contribution in [3.63, 3.8) is 0 Å².